The van der Waals surface area contributed by atoms with Crippen molar-refractivity contribution in [1.82, 2.24) is 10.3 Å². The Morgan fingerprint density at radius 3 is 3.11 bits per heavy atom. The van der Waals surface area contributed by atoms with Crippen LogP contribution in [-0.2, 0) is 0 Å². The Morgan fingerprint density at radius 2 is 2.47 bits per heavy atom. The van der Waals surface area contributed by atoms with E-state index in [9.17, 15) is 9.90 Å². The summed E-state index contributed by atoms with van der Waals surface area (Å²) < 4.78 is 0. The van der Waals surface area contributed by atoms with Crippen molar-refractivity contribution in [3.63, 3.8) is 0 Å². The lowest BCUT2D eigenvalue weighted by Crippen LogP contribution is -2.52. The molecule has 5 heteroatoms. The first kappa shape index (κ1) is 14.3. The summed E-state index contributed by atoms with van der Waals surface area (Å²) in [5, 5.41) is 13.5. The summed E-state index contributed by atoms with van der Waals surface area (Å²) in [4.78, 5) is 16.1. The van der Waals surface area contributed by atoms with Crippen LogP contribution in [0.25, 0.3) is 0 Å². The molecule has 2 N–H and O–H groups in total. The molecule has 2 rings (SSSR count). The Balaban J connectivity index is 2.14. The molecule has 0 bridgehead atoms. The molecule has 2 unspecified atom stereocenters. The van der Waals surface area contributed by atoms with E-state index in [1.165, 1.54) is 18.8 Å². The molecule has 1 aliphatic carbocycles. The molecule has 1 amide bonds. The van der Waals surface area contributed by atoms with Crippen LogP contribution in [0, 0.1) is 5.92 Å². The molecule has 0 spiro atoms. The van der Waals surface area contributed by atoms with Crippen LogP contribution in [0.1, 0.15) is 43.0 Å². The molecule has 1 aromatic heterocycles. The molecule has 2 atom stereocenters. The third kappa shape index (κ3) is 3.26. The number of hydrogen-bond donors (Lipinski definition) is 2. The lowest BCUT2D eigenvalue weighted by atomic mass is 9.77. The molecule has 1 fully saturated rings. The van der Waals surface area contributed by atoms with Crippen LogP contribution in [0.3, 0.4) is 0 Å². The molecule has 4 nitrogen and oxygen atoms in total. The number of alkyl halides is 1. The lowest BCUT2D eigenvalue weighted by molar-refractivity contribution is 0.0866. The van der Waals surface area contributed by atoms with Crippen LogP contribution in [0.2, 0.25) is 0 Å². The third-order valence-corrected chi connectivity index (χ3v) is 4.84. The highest BCUT2D eigenvalue weighted by Gasteiger charge is 2.35. The number of nitrogens with zero attached hydrogens (tertiary/aromatic N) is 1. The van der Waals surface area contributed by atoms with Crippen LogP contribution in [0.5, 0.6) is 5.75 Å². The third-order valence-electron chi connectivity index (χ3n) is 3.77. The van der Waals surface area contributed by atoms with Crippen molar-refractivity contribution in [2.75, 3.05) is 5.33 Å². The monoisotopic (exact) mass is 326 g/mol. The second kappa shape index (κ2) is 5.90. The number of amides is 1. The zero-order valence-electron chi connectivity index (χ0n) is 11.0. The lowest BCUT2D eigenvalue weighted by Gasteiger charge is -2.39. The quantitative estimate of drug-likeness (QED) is 0.839. The van der Waals surface area contributed by atoms with E-state index in [0.717, 1.165) is 24.6 Å². The van der Waals surface area contributed by atoms with Gasteiger partial charge >= 0.3 is 0 Å². The van der Waals surface area contributed by atoms with Gasteiger partial charge < -0.3 is 10.4 Å². The molecule has 1 heterocycles. The molecule has 0 aliphatic heterocycles. The van der Waals surface area contributed by atoms with Crippen LogP contribution in [0.4, 0.5) is 0 Å². The van der Waals surface area contributed by atoms with Crippen LogP contribution in [0.15, 0.2) is 18.5 Å². The number of carbonyl (C=O) groups is 1. The smallest absolute Gasteiger partial charge is 0.255 e. The van der Waals surface area contributed by atoms with Crippen molar-refractivity contribution in [2.45, 2.75) is 38.1 Å². The molecule has 19 heavy (non-hydrogen) atoms. The van der Waals surface area contributed by atoms with Crippen molar-refractivity contribution in [1.29, 1.82) is 0 Å². The summed E-state index contributed by atoms with van der Waals surface area (Å²) in [6.07, 6.45) is 7.08. The van der Waals surface area contributed by atoms with Crippen LogP contribution in [-0.4, -0.2) is 26.9 Å². The first-order valence-corrected chi connectivity index (χ1v) is 7.70. The minimum Gasteiger partial charge on any atom is -0.505 e. The molecule has 1 aromatic rings. The highest BCUT2D eigenvalue weighted by atomic mass is 79.9. The molecule has 104 valence electrons. The molecule has 0 saturated heterocycles. The fraction of sp³-hybridized carbons (Fsp3) is 0.571. The van der Waals surface area contributed by atoms with Gasteiger partial charge in [-0.1, -0.05) is 35.7 Å². The number of rotatable bonds is 3. The fourth-order valence-corrected chi connectivity index (χ4v) is 3.46. The topological polar surface area (TPSA) is 62.2 Å². The van der Waals surface area contributed by atoms with E-state index in [0.29, 0.717) is 5.92 Å². The SMILES string of the molecule is CC1CCCC(CBr)(NC(=O)c2ccncc2O)C1. The summed E-state index contributed by atoms with van der Waals surface area (Å²) in [5.74, 6) is 0.305. The number of aromatic hydroxyl groups is 1. The maximum atomic E-state index is 12.3. The van der Waals surface area contributed by atoms with Crippen molar-refractivity contribution in [3.05, 3.63) is 24.0 Å². The number of nitrogens with one attached hydrogen (secondary N) is 1. The molecule has 1 aliphatic rings. The van der Waals surface area contributed by atoms with Gasteiger partial charge in [0.25, 0.3) is 5.91 Å². The van der Waals surface area contributed by atoms with E-state index in [1.807, 2.05) is 0 Å². The largest absolute Gasteiger partial charge is 0.505 e. The van der Waals surface area contributed by atoms with E-state index >= 15 is 0 Å². The Hall–Kier alpha value is -1.10. The standard InChI is InChI=1S/C14H19BrN2O2/c1-10-3-2-5-14(7-10,9-15)17-13(19)11-4-6-16-8-12(11)18/h4,6,8,10,18H,2-3,5,7,9H2,1H3,(H,17,19). The summed E-state index contributed by atoms with van der Waals surface area (Å²) in [7, 11) is 0. The highest BCUT2D eigenvalue weighted by molar-refractivity contribution is 9.09. The average molecular weight is 327 g/mol. The van der Waals surface area contributed by atoms with Gasteiger partial charge in [-0.2, -0.15) is 0 Å². The Kier molecular flexibility index (Phi) is 4.45. The number of pyridine rings is 1. The number of aromatic nitrogens is 1. The predicted octanol–water partition coefficient (Wildman–Crippen LogP) is 2.86. The molecule has 0 aromatic carbocycles. The number of carbonyl (C=O) groups excluding carboxylic acids is 1. The molecular formula is C14H19BrN2O2. The minimum atomic E-state index is -0.228. The fourth-order valence-electron chi connectivity index (χ4n) is 2.81. The highest BCUT2D eigenvalue weighted by Crippen LogP contribution is 2.34. The van der Waals surface area contributed by atoms with Gasteiger partial charge in [-0.15, -0.1) is 0 Å². The Bertz CT molecular complexity index is 467. The second-order valence-electron chi connectivity index (χ2n) is 5.46. The zero-order chi connectivity index (χ0) is 13.9. The van der Waals surface area contributed by atoms with E-state index in [-0.39, 0.29) is 22.8 Å². The average Bonchev–Trinajstić information content (AvgIpc) is 2.39. The second-order valence-corrected chi connectivity index (χ2v) is 6.02. The van der Waals surface area contributed by atoms with E-state index in [4.69, 9.17) is 0 Å². The first-order valence-electron chi connectivity index (χ1n) is 6.58. The minimum absolute atomic E-state index is 0.0754. The number of hydrogen-bond acceptors (Lipinski definition) is 3. The summed E-state index contributed by atoms with van der Waals surface area (Å²) in [6, 6.07) is 1.54. The van der Waals surface area contributed by atoms with Crippen molar-refractivity contribution >= 4 is 21.8 Å². The predicted molar refractivity (Wildman–Crippen MR) is 77.5 cm³/mol. The van der Waals surface area contributed by atoms with Crippen molar-refractivity contribution in [2.24, 2.45) is 5.92 Å². The Morgan fingerprint density at radius 1 is 1.68 bits per heavy atom. The number of halogens is 1. The van der Waals surface area contributed by atoms with Crippen molar-refractivity contribution in [3.8, 4) is 5.75 Å². The summed E-state index contributed by atoms with van der Waals surface area (Å²) >= 11 is 3.53. The molecule has 0 radical (unpaired) electrons. The Labute approximate surface area is 121 Å². The van der Waals surface area contributed by atoms with Gasteiger partial charge in [0.15, 0.2) is 0 Å². The van der Waals surface area contributed by atoms with Crippen LogP contribution < -0.4 is 5.32 Å². The van der Waals surface area contributed by atoms with E-state index in [2.05, 4.69) is 33.2 Å². The van der Waals surface area contributed by atoms with Gasteiger partial charge in [-0.05, 0) is 24.8 Å². The summed E-state index contributed by atoms with van der Waals surface area (Å²) in [6.45, 7) is 2.21. The van der Waals surface area contributed by atoms with Gasteiger partial charge in [0.2, 0.25) is 0 Å². The molecular weight excluding hydrogens is 308 g/mol. The first-order chi connectivity index (χ1) is 9.06. The van der Waals surface area contributed by atoms with Crippen LogP contribution >= 0.6 is 15.9 Å². The van der Waals surface area contributed by atoms with E-state index in [1.54, 1.807) is 6.07 Å². The van der Waals surface area contributed by atoms with Crippen molar-refractivity contribution < 1.29 is 9.90 Å². The van der Waals surface area contributed by atoms with Gasteiger partial charge in [0.05, 0.1) is 17.3 Å². The van der Waals surface area contributed by atoms with Gasteiger partial charge in [-0.25, -0.2) is 0 Å². The van der Waals surface area contributed by atoms with Gasteiger partial charge in [0.1, 0.15) is 5.75 Å². The van der Waals surface area contributed by atoms with E-state index < -0.39 is 0 Å². The molecule has 1 saturated carbocycles. The van der Waals surface area contributed by atoms with Gasteiger partial charge in [-0.3, -0.25) is 9.78 Å². The maximum Gasteiger partial charge on any atom is 0.255 e. The maximum absolute atomic E-state index is 12.3. The normalized spacial score (nSPS) is 26.9. The summed E-state index contributed by atoms with van der Waals surface area (Å²) in [5.41, 5.74) is 0.0818. The van der Waals surface area contributed by atoms with Gasteiger partial charge in [0, 0.05) is 11.5 Å². The zero-order valence-corrected chi connectivity index (χ0v) is 12.6.